The first-order chi connectivity index (χ1) is 19.3. The van der Waals surface area contributed by atoms with Crippen molar-refractivity contribution in [2.24, 2.45) is 5.92 Å². The fourth-order valence-corrected chi connectivity index (χ4v) is 6.22. The number of halogens is 1. The zero-order valence-electron chi connectivity index (χ0n) is 24.3. The molecule has 0 radical (unpaired) electrons. The topological polar surface area (TPSA) is 141 Å². The first-order valence-electron chi connectivity index (χ1n) is 13.1. The molecule has 11 nitrogen and oxygen atoms in total. The molecule has 0 saturated heterocycles. The van der Waals surface area contributed by atoms with Gasteiger partial charge in [0.15, 0.2) is 5.78 Å². The molecule has 228 valence electrons. The number of Topliss-reactive ketones (excluding diaryl/α,β-unsaturated/α-hetero) is 1. The van der Waals surface area contributed by atoms with Crippen molar-refractivity contribution in [3.63, 3.8) is 0 Å². The first kappa shape index (κ1) is 33.2. The molecule has 4 rings (SSSR count). The standard InChI is InChI=1S/C28H34FN5O6S.H2S/c1-16(2)13-21(36)27(4,5)33-23(37)22-17(3)24(34-30-10-11-31-34)41-25(22)32(26(33)38)15-28(39,9-12-35)19-14-18(29)7-8-20(19)40-6;/h7-8,10-11,14,16,35,39H,9,12-13,15H2,1-6H3;1H2/t28-;/m1./s1. The van der Waals surface area contributed by atoms with Gasteiger partial charge in [-0.3, -0.25) is 14.2 Å². The van der Waals surface area contributed by atoms with Gasteiger partial charge in [0, 0.05) is 30.6 Å². The van der Waals surface area contributed by atoms with E-state index >= 15 is 0 Å². The van der Waals surface area contributed by atoms with Crippen molar-refractivity contribution in [1.29, 1.82) is 0 Å². The lowest BCUT2D eigenvalue weighted by atomic mass is 9.89. The van der Waals surface area contributed by atoms with Gasteiger partial charge in [0.25, 0.3) is 5.56 Å². The Kier molecular flexibility index (Phi) is 9.87. The van der Waals surface area contributed by atoms with Crippen LogP contribution in [-0.4, -0.2) is 53.8 Å². The van der Waals surface area contributed by atoms with Crippen LogP contribution in [-0.2, 0) is 22.5 Å². The Labute approximate surface area is 252 Å². The second-order valence-electron chi connectivity index (χ2n) is 11.0. The normalized spacial score (nSPS) is 13.3. The number of carbonyl (C=O) groups is 1. The molecule has 0 unspecified atom stereocenters. The zero-order chi connectivity index (χ0) is 30.3. The molecule has 3 heterocycles. The van der Waals surface area contributed by atoms with Crippen LogP contribution >= 0.6 is 24.8 Å². The lowest BCUT2D eigenvalue weighted by Gasteiger charge is -2.32. The van der Waals surface area contributed by atoms with Gasteiger partial charge in [-0.05, 0) is 44.9 Å². The number of fused-ring (bicyclic) bond motifs is 1. The van der Waals surface area contributed by atoms with Gasteiger partial charge < -0.3 is 14.9 Å². The molecule has 0 aliphatic rings. The average molecular weight is 622 g/mol. The van der Waals surface area contributed by atoms with Gasteiger partial charge in [0.05, 0.1) is 31.4 Å². The molecule has 0 bridgehead atoms. The summed E-state index contributed by atoms with van der Waals surface area (Å²) in [6, 6.07) is 3.60. The number of carbonyl (C=O) groups excluding carboxylic acids is 1. The number of nitrogens with zero attached hydrogens (tertiary/aromatic N) is 5. The molecule has 1 atom stereocenters. The van der Waals surface area contributed by atoms with Crippen LogP contribution in [0.15, 0.2) is 40.2 Å². The van der Waals surface area contributed by atoms with Crippen LogP contribution in [0.2, 0.25) is 0 Å². The molecule has 0 aliphatic carbocycles. The van der Waals surface area contributed by atoms with Gasteiger partial charge in [-0.25, -0.2) is 13.8 Å². The van der Waals surface area contributed by atoms with Crippen LogP contribution in [0.4, 0.5) is 4.39 Å². The molecule has 0 spiro atoms. The fraction of sp³-hybridized carbons (Fsp3) is 0.464. The van der Waals surface area contributed by atoms with Crippen molar-refractivity contribution in [3.05, 3.63) is 68.4 Å². The Morgan fingerprint density at radius 3 is 2.40 bits per heavy atom. The van der Waals surface area contributed by atoms with Crippen molar-refractivity contribution >= 4 is 40.8 Å². The minimum Gasteiger partial charge on any atom is -0.496 e. The van der Waals surface area contributed by atoms with E-state index in [0.29, 0.717) is 10.6 Å². The van der Waals surface area contributed by atoms with Crippen molar-refractivity contribution in [1.82, 2.24) is 24.1 Å². The molecular formula is C28H36FN5O6S2. The van der Waals surface area contributed by atoms with Crippen molar-refractivity contribution in [2.45, 2.75) is 65.1 Å². The van der Waals surface area contributed by atoms with E-state index in [-0.39, 0.29) is 59.6 Å². The third kappa shape index (κ3) is 5.80. The summed E-state index contributed by atoms with van der Waals surface area (Å²) in [5.74, 6) is -0.828. The highest BCUT2D eigenvalue weighted by Gasteiger charge is 2.39. The van der Waals surface area contributed by atoms with Crippen LogP contribution in [0.3, 0.4) is 0 Å². The third-order valence-corrected chi connectivity index (χ3v) is 8.51. The van der Waals surface area contributed by atoms with Crippen LogP contribution in [0, 0.1) is 18.7 Å². The minimum atomic E-state index is -2.00. The highest BCUT2D eigenvalue weighted by molar-refractivity contribution is 7.59. The molecule has 14 heteroatoms. The SMILES string of the molecule is COc1ccc(F)cc1[C@@](O)(CCO)Cn1c(=O)n(C(C)(C)C(=O)CC(C)C)c(=O)c2c(C)c(-n3nccn3)sc21.S. The van der Waals surface area contributed by atoms with E-state index in [1.807, 2.05) is 13.8 Å². The predicted octanol–water partition coefficient (Wildman–Crippen LogP) is 2.99. The van der Waals surface area contributed by atoms with Gasteiger partial charge in [-0.15, -0.1) is 4.80 Å². The smallest absolute Gasteiger partial charge is 0.333 e. The molecule has 0 amide bonds. The van der Waals surface area contributed by atoms with E-state index in [0.717, 1.165) is 22.0 Å². The molecule has 42 heavy (non-hydrogen) atoms. The summed E-state index contributed by atoms with van der Waals surface area (Å²) < 4.78 is 21.9. The maximum absolute atomic E-state index is 14.4. The summed E-state index contributed by atoms with van der Waals surface area (Å²) in [7, 11) is 1.36. The maximum atomic E-state index is 14.4. The van der Waals surface area contributed by atoms with Crippen LogP contribution in [0.25, 0.3) is 15.2 Å². The Hall–Kier alpha value is -3.33. The van der Waals surface area contributed by atoms with Gasteiger partial charge in [-0.2, -0.15) is 23.7 Å². The molecule has 1 aromatic carbocycles. The largest absolute Gasteiger partial charge is 0.496 e. The average Bonchev–Trinajstić information content (AvgIpc) is 3.54. The first-order valence-corrected chi connectivity index (χ1v) is 13.9. The molecule has 0 saturated carbocycles. The number of thiophene rings is 1. The quantitative estimate of drug-likeness (QED) is 0.260. The van der Waals surface area contributed by atoms with E-state index in [1.165, 1.54) is 54.8 Å². The Balaban J connectivity index is 0.00000484. The second kappa shape index (κ2) is 12.5. The van der Waals surface area contributed by atoms with E-state index in [1.54, 1.807) is 6.92 Å². The van der Waals surface area contributed by atoms with Gasteiger partial charge >= 0.3 is 5.69 Å². The van der Waals surface area contributed by atoms with Crippen molar-refractivity contribution < 1.29 is 24.1 Å². The summed E-state index contributed by atoms with van der Waals surface area (Å²) in [5.41, 5.74) is -4.53. The van der Waals surface area contributed by atoms with E-state index < -0.39 is 41.4 Å². The van der Waals surface area contributed by atoms with Crippen LogP contribution in [0.5, 0.6) is 5.75 Å². The molecule has 0 aliphatic heterocycles. The molecule has 2 N–H and O–H groups in total. The number of ether oxygens (including phenoxy) is 1. The summed E-state index contributed by atoms with van der Waals surface area (Å²) in [4.78, 5) is 43.2. The number of methoxy groups -OCH3 is 1. The summed E-state index contributed by atoms with van der Waals surface area (Å²) in [6.45, 7) is 7.48. The van der Waals surface area contributed by atoms with Crippen molar-refractivity contribution in [3.8, 4) is 10.8 Å². The van der Waals surface area contributed by atoms with Gasteiger partial charge in [-0.1, -0.05) is 25.2 Å². The number of hydrogen-bond donors (Lipinski definition) is 2. The minimum absolute atomic E-state index is 0. The van der Waals surface area contributed by atoms with E-state index in [2.05, 4.69) is 10.2 Å². The number of benzene rings is 1. The molecule has 4 aromatic rings. The zero-order valence-corrected chi connectivity index (χ0v) is 26.2. The highest BCUT2D eigenvalue weighted by Crippen LogP contribution is 2.37. The van der Waals surface area contributed by atoms with Crippen molar-refractivity contribution in [2.75, 3.05) is 13.7 Å². The van der Waals surface area contributed by atoms with Gasteiger partial charge in [0.2, 0.25) is 0 Å². The highest BCUT2D eigenvalue weighted by atomic mass is 32.1. The van der Waals surface area contributed by atoms with Crippen LogP contribution < -0.4 is 16.0 Å². The van der Waals surface area contributed by atoms with E-state index in [9.17, 15) is 29.0 Å². The Bertz CT molecular complexity index is 1710. The third-order valence-electron chi connectivity index (χ3n) is 7.23. The number of rotatable bonds is 11. The maximum Gasteiger partial charge on any atom is 0.333 e. The summed E-state index contributed by atoms with van der Waals surface area (Å²) in [5, 5.41) is 30.8. The summed E-state index contributed by atoms with van der Waals surface area (Å²) in [6.07, 6.45) is 2.79. The Morgan fingerprint density at radius 2 is 1.83 bits per heavy atom. The number of ketones is 1. The number of hydrogen-bond acceptors (Lipinski definition) is 9. The van der Waals surface area contributed by atoms with Gasteiger partial charge in [0.1, 0.15) is 32.5 Å². The number of aryl methyl sites for hydroxylation is 1. The predicted molar refractivity (Wildman–Crippen MR) is 163 cm³/mol. The molecular weight excluding hydrogens is 585 g/mol. The monoisotopic (exact) mass is 621 g/mol. The summed E-state index contributed by atoms with van der Waals surface area (Å²) >= 11 is 1.07. The fourth-order valence-electron chi connectivity index (χ4n) is 5.01. The van der Waals surface area contributed by atoms with Crippen LogP contribution in [0.1, 0.15) is 51.7 Å². The number of aliphatic hydroxyl groups excluding tert-OH is 1. The molecule has 0 fully saturated rings. The lowest BCUT2D eigenvalue weighted by Crippen LogP contribution is -2.53. The number of aromatic nitrogens is 5. The lowest BCUT2D eigenvalue weighted by molar-refractivity contribution is -0.127. The second-order valence-corrected chi connectivity index (χ2v) is 11.9. The molecule has 3 aromatic heterocycles. The Morgan fingerprint density at radius 1 is 1.19 bits per heavy atom. The number of aliphatic hydroxyl groups is 2. The van der Waals surface area contributed by atoms with E-state index in [4.69, 9.17) is 4.74 Å².